The molecule has 1 amide bonds. The van der Waals surface area contributed by atoms with Crippen molar-refractivity contribution >= 4 is 23.1 Å². The number of rotatable bonds is 7. The molecule has 5 rings (SSSR count). The molecule has 2 aromatic heterocycles. The second-order valence-corrected chi connectivity index (χ2v) is 9.25. The van der Waals surface area contributed by atoms with Gasteiger partial charge in [-0.3, -0.25) is 4.79 Å². The third-order valence-electron chi connectivity index (χ3n) is 6.11. The molecule has 3 heterocycles. The Hall–Kier alpha value is -2.80. The minimum absolute atomic E-state index is 0.0799. The number of hydrogen-bond acceptors (Lipinski definition) is 6. The number of thiazole rings is 1. The molecule has 6 nitrogen and oxygen atoms in total. The highest BCUT2D eigenvalue weighted by molar-refractivity contribution is 7.13. The molecule has 1 aliphatic carbocycles. The van der Waals surface area contributed by atoms with Crippen molar-refractivity contribution in [2.45, 2.75) is 38.0 Å². The minimum atomic E-state index is 0.0799. The van der Waals surface area contributed by atoms with E-state index in [9.17, 15) is 4.79 Å². The van der Waals surface area contributed by atoms with Gasteiger partial charge in [0, 0.05) is 60.6 Å². The predicted octanol–water partition coefficient (Wildman–Crippen LogP) is 4.05. The van der Waals surface area contributed by atoms with Gasteiger partial charge in [-0.2, -0.15) is 0 Å². The van der Waals surface area contributed by atoms with Gasteiger partial charge in [0.1, 0.15) is 17.2 Å². The molecule has 1 saturated carbocycles. The maximum absolute atomic E-state index is 12.6. The van der Waals surface area contributed by atoms with E-state index in [0.29, 0.717) is 12.5 Å². The fourth-order valence-corrected chi connectivity index (χ4v) is 4.96. The van der Waals surface area contributed by atoms with Crippen molar-refractivity contribution in [3.8, 4) is 10.6 Å². The molecule has 0 unspecified atom stereocenters. The maximum atomic E-state index is 12.6. The van der Waals surface area contributed by atoms with Crippen molar-refractivity contribution in [3.63, 3.8) is 0 Å². The van der Waals surface area contributed by atoms with Crippen molar-refractivity contribution in [2.75, 3.05) is 24.5 Å². The highest BCUT2D eigenvalue weighted by atomic mass is 32.1. The molecule has 1 aliphatic heterocycles. The standard InChI is InChI=1S/C24H27N5OS/c30-23(25-11-8-20-15-31-24(28-20)19-4-2-1-3-5-19)18-9-12-29(13-10-18)22-14-21(17-6-7-17)26-16-27-22/h1-5,14-18H,6-13H2,(H,25,30). The molecular formula is C24H27N5OS. The summed E-state index contributed by atoms with van der Waals surface area (Å²) >= 11 is 1.65. The Bertz CT molecular complexity index is 1030. The molecule has 0 radical (unpaired) electrons. The Morgan fingerprint density at radius 2 is 1.90 bits per heavy atom. The Balaban J connectivity index is 1.07. The Kier molecular flexibility index (Phi) is 5.93. The largest absolute Gasteiger partial charge is 0.356 e. The van der Waals surface area contributed by atoms with Crippen molar-refractivity contribution in [3.05, 3.63) is 59.5 Å². The number of carbonyl (C=O) groups excluding carboxylic acids is 1. The first-order valence-electron chi connectivity index (χ1n) is 11.1. The highest BCUT2D eigenvalue weighted by Gasteiger charge is 2.28. The first-order valence-corrected chi connectivity index (χ1v) is 12.0. The zero-order chi connectivity index (χ0) is 21.0. The summed E-state index contributed by atoms with van der Waals surface area (Å²) in [6.45, 7) is 2.37. The zero-order valence-corrected chi connectivity index (χ0v) is 18.4. The van der Waals surface area contributed by atoms with E-state index in [0.717, 1.165) is 54.4 Å². The number of benzene rings is 1. The van der Waals surface area contributed by atoms with Crippen LogP contribution in [0.15, 0.2) is 48.1 Å². The minimum Gasteiger partial charge on any atom is -0.356 e. The van der Waals surface area contributed by atoms with Crippen LogP contribution in [0.1, 0.15) is 43.0 Å². The van der Waals surface area contributed by atoms with Crippen LogP contribution in [0.4, 0.5) is 5.82 Å². The van der Waals surface area contributed by atoms with Crippen LogP contribution in [0.2, 0.25) is 0 Å². The van der Waals surface area contributed by atoms with Crippen molar-refractivity contribution in [1.29, 1.82) is 0 Å². The SMILES string of the molecule is O=C(NCCc1csc(-c2ccccc2)n1)C1CCN(c2cc(C3CC3)ncn2)CC1. The molecular weight excluding hydrogens is 406 g/mol. The normalized spacial score (nSPS) is 17.0. The number of amides is 1. The molecule has 0 bridgehead atoms. The van der Waals surface area contributed by atoms with Gasteiger partial charge >= 0.3 is 0 Å². The molecule has 31 heavy (non-hydrogen) atoms. The smallest absolute Gasteiger partial charge is 0.223 e. The fourth-order valence-electron chi connectivity index (χ4n) is 4.10. The lowest BCUT2D eigenvalue weighted by molar-refractivity contribution is -0.125. The van der Waals surface area contributed by atoms with Gasteiger partial charge in [-0.1, -0.05) is 30.3 Å². The van der Waals surface area contributed by atoms with E-state index in [1.54, 1.807) is 17.7 Å². The summed E-state index contributed by atoms with van der Waals surface area (Å²) in [7, 11) is 0. The number of aromatic nitrogens is 3. The third kappa shape index (κ3) is 4.93. The summed E-state index contributed by atoms with van der Waals surface area (Å²) in [5.41, 5.74) is 3.35. The number of nitrogens with zero attached hydrogens (tertiary/aromatic N) is 4. The number of hydrogen-bond donors (Lipinski definition) is 1. The molecule has 160 valence electrons. The first kappa shape index (κ1) is 20.1. The summed E-state index contributed by atoms with van der Waals surface area (Å²) in [6, 6.07) is 12.3. The quantitative estimate of drug-likeness (QED) is 0.609. The lowest BCUT2D eigenvalue weighted by Crippen LogP contribution is -2.41. The van der Waals surface area contributed by atoms with E-state index in [1.165, 1.54) is 18.5 Å². The fraction of sp³-hybridized carbons (Fsp3) is 0.417. The maximum Gasteiger partial charge on any atom is 0.223 e. The molecule has 0 atom stereocenters. The molecule has 2 fully saturated rings. The van der Waals surface area contributed by atoms with Crippen LogP contribution >= 0.6 is 11.3 Å². The third-order valence-corrected chi connectivity index (χ3v) is 7.05. The molecule has 2 aliphatic rings. The van der Waals surface area contributed by atoms with Crippen LogP contribution in [0.3, 0.4) is 0 Å². The molecule has 0 spiro atoms. The number of carbonyl (C=O) groups is 1. The Labute approximate surface area is 186 Å². The van der Waals surface area contributed by atoms with Gasteiger partial charge in [0.25, 0.3) is 0 Å². The topological polar surface area (TPSA) is 71.0 Å². The summed E-state index contributed by atoms with van der Waals surface area (Å²) in [4.78, 5) is 28.5. The first-order chi connectivity index (χ1) is 15.3. The van der Waals surface area contributed by atoms with E-state index < -0.39 is 0 Å². The summed E-state index contributed by atoms with van der Waals surface area (Å²) in [6.07, 6.45) is 6.66. The molecule has 3 aromatic rings. The van der Waals surface area contributed by atoms with Crippen molar-refractivity contribution in [1.82, 2.24) is 20.3 Å². The van der Waals surface area contributed by atoms with Crippen LogP contribution in [0, 0.1) is 5.92 Å². The van der Waals surface area contributed by atoms with Crippen LogP contribution in [0.25, 0.3) is 10.6 Å². The molecule has 1 aromatic carbocycles. The second-order valence-electron chi connectivity index (χ2n) is 8.39. The number of piperidine rings is 1. The van der Waals surface area contributed by atoms with Crippen molar-refractivity contribution in [2.24, 2.45) is 5.92 Å². The second kappa shape index (κ2) is 9.14. The van der Waals surface area contributed by atoms with Gasteiger partial charge in [-0.05, 0) is 25.7 Å². The zero-order valence-electron chi connectivity index (χ0n) is 17.5. The van der Waals surface area contributed by atoms with E-state index in [1.807, 2.05) is 18.2 Å². The molecule has 1 N–H and O–H groups in total. The number of anilines is 1. The van der Waals surface area contributed by atoms with Gasteiger partial charge in [0.2, 0.25) is 5.91 Å². The summed E-state index contributed by atoms with van der Waals surface area (Å²) in [5, 5.41) is 6.24. The predicted molar refractivity (Wildman–Crippen MR) is 123 cm³/mol. The lowest BCUT2D eigenvalue weighted by atomic mass is 9.96. The van der Waals surface area contributed by atoms with Gasteiger partial charge in [0.05, 0.1) is 5.69 Å². The Morgan fingerprint density at radius 3 is 2.68 bits per heavy atom. The van der Waals surface area contributed by atoms with Gasteiger partial charge in [-0.25, -0.2) is 15.0 Å². The van der Waals surface area contributed by atoms with E-state index in [-0.39, 0.29) is 11.8 Å². The van der Waals surface area contributed by atoms with E-state index in [4.69, 9.17) is 4.98 Å². The average molecular weight is 434 g/mol. The summed E-state index contributed by atoms with van der Waals surface area (Å²) in [5.74, 6) is 1.89. The van der Waals surface area contributed by atoms with Crippen LogP contribution in [0.5, 0.6) is 0 Å². The van der Waals surface area contributed by atoms with Gasteiger partial charge in [-0.15, -0.1) is 11.3 Å². The van der Waals surface area contributed by atoms with E-state index in [2.05, 4.69) is 43.8 Å². The van der Waals surface area contributed by atoms with Crippen molar-refractivity contribution < 1.29 is 4.79 Å². The molecule has 7 heteroatoms. The van der Waals surface area contributed by atoms with Gasteiger partial charge in [0.15, 0.2) is 0 Å². The lowest BCUT2D eigenvalue weighted by Gasteiger charge is -2.32. The summed E-state index contributed by atoms with van der Waals surface area (Å²) < 4.78 is 0. The highest BCUT2D eigenvalue weighted by Crippen LogP contribution is 2.39. The monoisotopic (exact) mass is 433 g/mol. The van der Waals surface area contributed by atoms with Gasteiger partial charge < -0.3 is 10.2 Å². The Morgan fingerprint density at radius 1 is 1.10 bits per heavy atom. The van der Waals surface area contributed by atoms with Crippen LogP contribution in [-0.2, 0) is 11.2 Å². The van der Waals surface area contributed by atoms with Crippen LogP contribution in [-0.4, -0.2) is 40.5 Å². The average Bonchev–Trinajstić information content (AvgIpc) is 3.58. The molecule has 1 saturated heterocycles. The van der Waals surface area contributed by atoms with E-state index >= 15 is 0 Å². The van der Waals surface area contributed by atoms with Crippen LogP contribution < -0.4 is 10.2 Å². The number of nitrogens with one attached hydrogen (secondary N) is 1.